The fourth-order valence-electron chi connectivity index (χ4n) is 2.56. The van der Waals surface area contributed by atoms with Gasteiger partial charge in [0.05, 0.1) is 17.7 Å². The minimum atomic E-state index is -0.0435. The van der Waals surface area contributed by atoms with Crippen LogP contribution in [0.25, 0.3) is 0 Å². The Balaban J connectivity index is 1.91. The molecule has 1 fully saturated rings. The van der Waals surface area contributed by atoms with Gasteiger partial charge in [0.2, 0.25) is 5.91 Å². The number of aromatic nitrogens is 1. The van der Waals surface area contributed by atoms with Gasteiger partial charge in [-0.2, -0.15) is 0 Å². The van der Waals surface area contributed by atoms with Crippen LogP contribution in [-0.2, 0) is 9.53 Å². The Morgan fingerprint density at radius 1 is 1.57 bits per heavy atom. The van der Waals surface area contributed by atoms with Gasteiger partial charge in [0.15, 0.2) is 5.13 Å². The van der Waals surface area contributed by atoms with E-state index in [-0.39, 0.29) is 24.0 Å². The van der Waals surface area contributed by atoms with E-state index in [9.17, 15) is 4.79 Å². The highest BCUT2D eigenvalue weighted by Gasteiger charge is 2.33. The molecule has 6 heteroatoms. The van der Waals surface area contributed by atoms with Crippen molar-refractivity contribution < 1.29 is 9.53 Å². The van der Waals surface area contributed by atoms with Crippen LogP contribution in [0, 0.1) is 5.92 Å². The Bertz CT molecular complexity index is 464. The summed E-state index contributed by atoms with van der Waals surface area (Å²) in [6, 6.07) is 0.213. The van der Waals surface area contributed by atoms with Gasteiger partial charge in [0.1, 0.15) is 0 Å². The molecule has 118 valence electrons. The Morgan fingerprint density at radius 2 is 2.38 bits per heavy atom. The van der Waals surface area contributed by atoms with Crippen molar-refractivity contribution in [3.05, 3.63) is 11.1 Å². The first-order valence-corrected chi connectivity index (χ1v) is 8.64. The van der Waals surface area contributed by atoms with Crippen molar-refractivity contribution in [2.75, 3.05) is 18.5 Å². The lowest BCUT2D eigenvalue weighted by atomic mass is 9.99. The number of hydrogen-bond acceptors (Lipinski definition) is 5. The lowest BCUT2D eigenvalue weighted by molar-refractivity contribution is -0.121. The Kier molecular flexibility index (Phi) is 6.14. The summed E-state index contributed by atoms with van der Waals surface area (Å²) in [5.41, 5.74) is 0.985. The van der Waals surface area contributed by atoms with Crippen molar-refractivity contribution in [1.29, 1.82) is 0 Å². The minimum Gasteiger partial charge on any atom is -0.377 e. The topological polar surface area (TPSA) is 63.2 Å². The highest BCUT2D eigenvalue weighted by Crippen LogP contribution is 2.26. The van der Waals surface area contributed by atoms with Crippen molar-refractivity contribution in [2.24, 2.45) is 5.92 Å². The van der Waals surface area contributed by atoms with Crippen LogP contribution in [0.15, 0.2) is 5.38 Å². The van der Waals surface area contributed by atoms with Crippen LogP contribution in [0.1, 0.15) is 51.8 Å². The number of rotatable bonds is 7. The molecule has 2 N–H and O–H groups in total. The molecule has 0 aromatic carbocycles. The molecule has 2 rings (SSSR count). The largest absolute Gasteiger partial charge is 0.377 e. The number of ether oxygens (including phenoxy) is 1. The first-order valence-electron chi connectivity index (χ1n) is 7.77. The maximum absolute atomic E-state index is 12.3. The lowest BCUT2D eigenvalue weighted by Gasteiger charge is -2.15. The molecular weight excluding hydrogens is 286 g/mol. The second-order valence-corrected chi connectivity index (χ2v) is 6.31. The van der Waals surface area contributed by atoms with Gasteiger partial charge >= 0.3 is 0 Å². The molecule has 1 aliphatic rings. The number of amides is 1. The third-order valence-electron chi connectivity index (χ3n) is 3.84. The number of thiazole rings is 1. The van der Waals surface area contributed by atoms with E-state index < -0.39 is 0 Å². The van der Waals surface area contributed by atoms with Crippen LogP contribution in [0.5, 0.6) is 0 Å². The van der Waals surface area contributed by atoms with Crippen molar-refractivity contribution in [1.82, 2.24) is 10.3 Å². The predicted octanol–water partition coefficient (Wildman–Crippen LogP) is 2.96. The summed E-state index contributed by atoms with van der Waals surface area (Å²) in [6.45, 7) is 7.93. The average Bonchev–Trinajstić information content (AvgIpc) is 3.13. The van der Waals surface area contributed by atoms with E-state index in [0.717, 1.165) is 31.5 Å². The molecule has 3 atom stereocenters. The Hall–Kier alpha value is -0.980. The SMILES string of the molecule is CCCNC(C)c1csc(NC(=O)C2CCOC2CC)n1. The highest BCUT2D eigenvalue weighted by atomic mass is 32.1. The zero-order valence-electron chi connectivity index (χ0n) is 13.0. The van der Waals surface area contributed by atoms with Crippen LogP contribution < -0.4 is 10.6 Å². The molecule has 1 saturated heterocycles. The zero-order valence-corrected chi connectivity index (χ0v) is 13.8. The molecular formula is C15H25N3O2S. The van der Waals surface area contributed by atoms with Gasteiger partial charge in [0.25, 0.3) is 0 Å². The molecule has 0 saturated carbocycles. The molecule has 0 bridgehead atoms. The van der Waals surface area contributed by atoms with E-state index in [0.29, 0.717) is 11.7 Å². The molecule has 1 aromatic rings. The molecule has 1 aromatic heterocycles. The van der Waals surface area contributed by atoms with Crippen molar-refractivity contribution in [3.8, 4) is 0 Å². The number of anilines is 1. The summed E-state index contributed by atoms with van der Waals surface area (Å²) in [7, 11) is 0. The standard InChI is InChI=1S/C15H25N3O2S/c1-4-7-16-10(3)12-9-21-15(17-12)18-14(19)11-6-8-20-13(11)5-2/h9-11,13,16H,4-8H2,1-3H3,(H,17,18,19). The van der Waals surface area contributed by atoms with Crippen LogP contribution >= 0.6 is 11.3 Å². The molecule has 1 aliphatic heterocycles. The third kappa shape index (κ3) is 4.25. The van der Waals surface area contributed by atoms with E-state index in [1.807, 2.05) is 5.38 Å². The molecule has 3 unspecified atom stereocenters. The Morgan fingerprint density at radius 3 is 3.10 bits per heavy atom. The predicted molar refractivity (Wildman–Crippen MR) is 85.6 cm³/mol. The monoisotopic (exact) mass is 311 g/mol. The molecule has 0 aliphatic carbocycles. The van der Waals surface area contributed by atoms with Crippen LogP contribution in [0.2, 0.25) is 0 Å². The van der Waals surface area contributed by atoms with Gasteiger partial charge in [-0.1, -0.05) is 13.8 Å². The zero-order chi connectivity index (χ0) is 15.2. The van der Waals surface area contributed by atoms with E-state index in [1.54, 1.807) is 0 Å². The highest BCUT2D eigenvalue weighted by molar-refractivity contribution is 7.13. The van der Waals surface area contributed by atoms with E-state index in [4.69, 9.17) is 4.74 Å². The van der Waals surface area contributed by atoms with Crippen molar-refractivity contribution in [3.63, 3.8) is 0 Å². The van der Waals surface area contributed by atoms with Gasteiger partial charge in [-0.25, -0.2) is 4.98 Å². The van der Waals surface area contributed by atoms with Crippen LogP contribution in [0.3, 0.4) is 0 Å². The molecule has 0 radical (unpaired) electrons. The number of hydrogen-bond donors (Lipinski definition) is 2. The molecule has 1 amide bonds. The molecule has 2 heterocycles. The first-order chi connectivity index (χ1) is 10.2. The molecule has 5 nitrogen and oxygen atoms in total. The smallest absolute Gasteiger partial charge is 0.231 e. The van der Waals surface area contributed by atoms with Crippen LogP contribution in [0.4, 0.5) is 5.13 Å². The van der Waals surface area contributed by atoms with Gasteiger partial charge in [-0.05, 0) is 32.7 Å². The second-order valence-electron chi connectivity index (χ2n) is 5.46. The van der Waals surface area contributed by atoms with Crippen molar-refractivity contribution >= 4 is 22.4 Å². The summed E-state index contributed by atoms with van der Waals surface area (Å²) in [6.07, 6.45) is 2.82. The summed E-state index contributed by atoms with van der Waals surface area (Å²) in [5.74, 6) is -0.00703. The number of carbonyl (C=O) groups excluding carboxylic acids is 1. The van der Waals surface area contributed by atoms with E-state index in [1.165, 1.54) is 11.3 Å². The summed E-state index contributed by atoms with van der Waals surface area (Å²) < 4.78 is 5.57. The summed E-state index contributed by atoms with van der Waals surface area (Å²) in [5, 5.41) is 9.03. The Labute approximate surface area is 130 Å². The minimum absolute atomic E-state index is 0.0365. The average molecular weight is 311 g/mol. The van der Waals surface area contributed by atoms with Crippen molar-refractivity contribution in [2.45, 2.75) is 52.2 Å². The molecule has 0 spiro atoms. The van der Waals surface area contributed by atoms with Crippen LogP contribution in [-0.4, -0.2) is 30.1 Å². The fourth-order valence-corrected chi connectivity index (χ4v) is 3.36. The van der Waals surface area contributed by atoms with E-state index >= 15 is 0 Å². The lowest BCUT2D eigenvalue weighted by Crippen LogP contribution is -2.29. The fraction of sp³-hybridized carbons (Fsp3) is 0.733. The number of nitrogens with zero attached hydrogens (tertiary/aromatic N) is 1. The maximum Gasteiger partial charge on any atom is 0.231 e. The third-order valence-corrected chi connectivity index (χ3v) is 4.62. The number of nitrogens with one attached hydrogen (secondary N) is 2. The van der Waals surface area contributed by atoms with Gasteiger partial charge in [-0.15, -0.1) is 11.3 Å². The van der Waals surface area contributed by atoms with Gasteiger partial charge < -0.3 is 15.4 Å². The quantitative estimate of drug-likeness (QED) is 0.812. The first kappa shape index (κ1) is 16.4. The number of carbonyl (C=O) groups is 1. The van der Waals surface area contributed by atoms with Gasteiger partial charge in [-0.3, -0.25) is 4.79 Å². The molecule has 21 heavy (non-hydrogen) atoms. The summed E-state index contributed by atoms with van der Waals surface area (Å²) in [4.78, 5) is 16.8. The normalized spacial score (nSPS) is 23.2. The van der Waals surface area contributed by atoms with Gasteiger partial charge in [0, 0.05) is 18.0 Å². The van der Waals surface area contributed by atoms with E-state index in [2.05, 4.69) is 36.4 Å². The maximum atomic E-state index is 12.3. The second kappa shape index (κ2) is 7.87. The summed E-state index contributed by atoms with van der Waals surface area (Å²) >= 11 is 1.48.